The topological polar surface area (TPSA) is 75.2 Å². The summed E-state index contributed by atoms with van der Waals surface area (Å²) in [6.45, 7) is 11.8. The molecule has 1 unspecified atom stereocenters. The Morgan fingerprint density at radius 3 is 2.58 bits per heavy atom. The number of rotatable bonds is 8. The molecule has 1 fully saturated rings. The van der Waals surface area contributed by atoms with Crippen molar-refractivity contribution in [1.29, 1.82) is 0 Å². The van der Waals surface area contributed by atoms with Crippen LogP contribution in [0.5, 0.6) is 0 Å². The molecule has 1 saturated heterocycles. The first-order valence-corrected chi connectivity index (χ1v) is 9.38. The number of hydrogen-bond donors (Lipinski definition) is 2. The molecule has 1 amide bonds. The summed E-state index contributed by atoms with van der Waals surface area (Å²) in [5.41, 5.74) is -0.473. The number of likely N-dealkylation sites (tertiary alicyclic amines) is 1. The van der Waals surface area contributed by atoms with E-state index in [1.807, 2.05) is 20.8 Å². The van der Waals surface area contributed by atoms with Crippen LogP contribution in [-0.4, -0.2) is 68.5 Å². The molecule has 2 N–H and O–H groups in total. The Kier molecular flexibility index (Phi) is 13.0. The summed E-state index contributed by atoms with van der Waals surface area (Å²) in [4.78, 5) is 18.4. The van der Waals surface area contributed by atoms with Gasteiger partial charge in [0.2, 0.25) is 0 Å². The van der Waals surface area contributed by atoms with Crippen molar-refractivity contribution in [2.45, 2.75) is 65.0 Å². The van der Waals surface area contributed by atoms with E-state index in [0.29, 0.717) is 0 Å². The lowest BCUT2D eigenvalue weighted by atomic mass is 10.2. The first kappa shape index (κ1) is 25.2. The summed E-state index contributed by atoms with van der Waals surface area (Å²) >= 11 is 0. The molecule has 7 nitrogen and oxygen atoms in total. The van der Waals surface area contributed by atoms with Crippen molar-refractivity contribution in [1.82, 2.24) is 15.5 Å². The number of nitrogens with zero attached hydrogens (tertiary/aromatic N) is 2. The van der Waals surface area contributed by atoms with E-state index >= 15 is 0 Å². The highest BCUT2D eigenvalue weighted by Gasteiger charge is 2.27. The number of amides is 1. The summed E-state index contributed by atoms with van der Waals surface area (Å²) in [5.74, 6) is 0.877. The van der Waals surface area contributed by atoms with Gasteiger partial charge in [0, 0.05) is 39.9 Å². The van der Waals surface area contributed by atoms with Gasteiger partial charge in [0.05, 0.1) is 6.04 Å². The summed E-state index contributed by atoms with van der Waals surface area (Å²) in [6, 6.07) is 0.0887. The molecule has 1 aliphatic rings. The third kappa shape index (κ3) is 11.1. The number of ether oxygens (including phenoxy) is 2. The zero-order valence-corrected chi connectivity index (χ0v) is 19.3. The maximum absolute atomic E-state index is 11.9. The van der Waals surface area contributed by atoms with Crippen LogP contribution in [0.25, 0.3) is 0 Å². The highest BCUT2D eigenvalue weighted by molar-refractivity contribution is 14.0. The van der Waals surface area contributed by atoms with Gasteiger partial charge in [0.15, 0.2) is 5.96 Å². The maximum atomic E-state index is 11.9. The minimum absolute atomic E-state index is 0. The minimum Gasteiger partial charge on any atom is -0.444 e. The molecule has 0 bridgehead atoms. The van der Waals surface area contributed by atoms with Crippen LogP contribution in [0, 0.1) is 0 Å². The van der Waals surface area contributed by atoms with E-state index in [1.165, 1.54) is 6.42 Å². The monoisotopic (exact) mass is 484 g/mol. The zero-order chi connectivity index (χ0) is 18.7. The highest BCUT2D eigenvalue weighted by Crippen LogP contribution is 2.12. The molecule has 8 heteroatoms. The molecule has 0 aromatic rings. The molecule has 0 aromatic heterocycles. The molecule has 0 saturated carbocycles. The van der Waals surface area contributed by atoms with Gasteiger partial charge in [0.1, 0.15) is 5.60 Å². The van der Waals surface area contributed by atoms with E-state index in [0.717, 1.165) is 58.1 Å². The van der Waals surface area contributed by atoms with Crippen LogP contribution < -0.4 is 10.6 Å². The van der Waals surface area contributed by atoms with Gasteiger partial charge in [-0.1, -0.05) is 13.3 Å². The first-order chi connectivity index (χ1) is 11.9. The van der Waals surface area contributed by atoms with E-state index in [-0.39, 0.29) is 36.1 Å². The van der Waals surface area contributed by atoms with Crippen molar-refractivity contribution in [3.8, 4) is 0 Å². The van der Waals surface area contributed by atoms with Crippen molar-refractivity contribution in [3.63, 3.8) is 0 Å². The van der Waals surface area contributed by atoms with E-state index in [9.17, 15) is 4.79 Å². The summed E-state index contributed by atoms with van der Waals surface area (Å²) in [6.07, 6.45) is 3.77. The van der Waals surface area contributed by atoms with Gasteiger partial charge < -0.3 is 25.0 Å². The zero-order valence-electron chi connectivity index (χ0n) is 17.0. The van der Waals surface area contributed by atoms with Gasteiger partial charge in [-0.25, -0.2) is 4.79 Å². The van der Waals surface area contributed by atoms with Gasteiger partial charge >= 0.3 is 6.09 Å². The summed E-state index contributed by atoms with van der Waals surface area (Å²) < 4.78 is 10.9. The van der Waals surface area contributed by atoms with Crippen LogP contribution in [0.4, 0.5) is 4.79 Å². The third-order valence-corrected chi connectivity index (χ3v) is 3.81. The molecule has 0 spiro atoms. The number of carbonyl (C=O) groups is 1. The fourth-order valence-electron chi connectivity index (χ4n) is 2.60. The lowest BCUT2D eigenvalue weighted by Gasteiger charge is -2.23. The number of alkyl carbamates (subject to hydrolysis) is 1. The number of hydrogen-bond acceptors (Lipinski definition) is 4. The largest absolute Gasteiger partial charge is 0.444 e. The second kappa shape index (κ2) is 13.4. The highest BCUT2D eigenvalue weighted by atomic mass is 127. The maximum Gasteiger partial charge on any atom is 0.407 e. The standard InChI is InChI=1S/C18H36N4O3.HI/c1-6-7-12-24-13-8-10-20-16(19-5)22-11-9-15(14-22)21-17(23)25-18(2,3)4;/h15H,6-14H2,1-5H3,(H,19,20)(H,21,23);1H. The van der Waals surface area contributed by atoms with Gasteiger partial charge in [-0.2, -0.15) is 0 Å². The Bertz CT molecular complexity index is 427. The first-order valence-electron chi connectivity index (χ1n) is 9.38. The Labute approximate surface area is 175 Å². The molecule has 26 heavy (non-hydrogen) atoms. The van der Waals surface area contributed by atoms with Crippen LogP contribution >= 0.6 is 24.0 Å². The SMILES string of the molecule is CCCCOCCCNC(=NC)N1CCC(NC(=O)OC(C)(C)C)C1.I. The van der Waals surface area contributed by atoms with Crippen molar-refractivity contribution in [3.05, 3.63) is 0 Å². The van der Waals surface area contributed by atoms with E-state index in [1.54, 1.807) is 7.05 Å². The molecule has 1 rings (SSSR count). The quantitative estimate of drug-likeness (QED) is 0.240. The van der Waals surface area contributed by atoms with E-state index in [2.05, 4.69) is 27.4 Å². The van der Waals surface area contributed by atoms with Crippen molar-refractivity contribution in [2.24, 2.45) is 4.99 Å². The Hall–Kier alpha value is -0.770. The molecule has 0 radical (unpaired) electrons. The summed E-state index contributed by atoms with van der Waals surface area (Å²) in [5, 5.41) is 6.30. The lowest BCUT2D eigenvalue weighted by molar-refractivity contribution is 0.0507. The second-order valence-electron chi connectivity index (χ2n) is 7.37. The molecule has 0 aromatic carbocycles. The number of halogens is 1. The number of nitrogens with one attached hydrogen (secondary N) is 2. The van der Waals surface area contributed by atoms with Gasteiger partial charge in [-0.05, 0) is 40.0 Å². The van der Waals surface area contributed by atoms with Gasteiger partial charge in [-0.15, -0.1) is 24.0 Å². The van der Waals surface area contributed by atoms with E-state index < -0.39 is 5.60 Å². The van der Waals surface area contributed by atoms with Crippen LogP contribution in [0.2, 0.25) is 0 Å². The Balaban J connectivity index is 0.00000625. The number of aliphatic imine (C=N–C) groups is 1. The average Bonchev–Trinajstić information content (AvgIpc) is 2.96. The molecular weight excluding hydrogens is 447 g/mol. The number of guanidine groups is 1. The average molecular weight is 484 g/mol. The molecule has 1 aliphatic heterocycles. The fraction of sp³-hybridized carbons (Fsp3) is 0.889. The third-order valence-electron chi connectivity index (χ3n) is 3.81. The van der Waals surface area contributed by atoms with Crippen LogP contribution in [0.15, 0.2) is 4.99 Å². The Morgan fingerprint density at radius 2 is 1.96 bits per heavy atom. The van der Waals surface area contributed by atoms with Crippen molar-refractivity contribution >= 4 is 36.0 Å². The fourth-order valence-corrected chi connectivity index (χ4v) is 2.60. The summed E-state index contributed by atoms with van der Waals surface area (Å²) in [7, 11) is 1.79. The van der Waals surface area contributed by atoms with E-state index in [4.69, 9.17) is 9.47 Å². The smallest absolute Gasteiger partial charge is 0.407 e. The number of carbonyl (C=O) groups excluding carboxylic acids is 1. The normalized spacial score (nSPS) is 17.7. The predicted octanol–water partition coefficient (Wildman–Crippen LogP) is 2.99. The predicted molar refractivity (Wildman–Crippen MR) is 116 cm³/mol. The lowest BCUT2D eigenvalue weighted by Crippen LogP contribution is -2.44. The molecule has 0 aliphatic carbocycles. The van der Waals surface area contributed by atoms with Gasteiger partial charge in [-0.3, -0.25) is 4.99 Å². The van der Waals surface area contributed by atoms with Crippen LogP contribution in [-0.2, 0) is 9.47 Å². The van der Waals surface area contributed by atoms with Crippen LogP contribution in [0.1, 0.15) is 53.4 Å². The molecular formula is C18H37IN4O3. The molecule has 1 heterocycles. The van der Waals surface area contributed by atoms with Gasteiger partial charge in [0.25, 0.3) is 0 Å². The molecule has 1 atom stereocenters. The van der Waals surface area contributed by atoms with Crippen LogP contribution in [0.3, 0.4) is 0 Å². The molecule has 154 valence electrons. The second-order valence-corrected chi connectivity index (χ2v) is 7.37. The Morgan fingerprint density at radius 1 is 1.27 bits per heavy atom. The van der Waals surface area contributed by atoms with Crippen molar-refractivity contribution < 1.29 is 14.3 Å². The number of unbranched alkanes of at least 4 members (excludes halogenated alkanes) is 1. The minimum atomic E-state index is -0.473. The van der Waals surface area contributed by atoms with Crippen molar-refractivity contribution in [2.75, 3.05) is 39.9 Å².